The van der Waals surface area contributed by atoms with Crippen LogP contribution in [0.4, 0.5) is 5.82 Å². The zero-order chi connectivity index (χ0) is 18.6. The molecule has 0 unspecified atom stereocenters. The summed E-state index contributed by atoms with van der Waals surface area (Å²) in [7, 11) is 0. The van der Waals surface area contributed by atoms with Gasteiger partial charge in [0.1, 0.15) is 5.82 Å². The van der Waals surface area contributed by atoms with Gasteiger partial charge in [-0.25, -0.2) is 9.98 Å². The first-order valence-electron chi connectivity index (χ1n) is 9.79. The van der Waals surface area contributed by atoms with Gasteiger partial charge in [-0.05, 0) is 32.0 Å². The minimum absolute atomic E-state index is 0.612. The Hall–Kier alpha value is -1.86. The van der Waals surface area contributed by atoms with Crippen LogP contribution < -0.4 is 15.5 Å². The molecule has 7 heteroatoms. The van der Waals surface area contributed by atoms with Gasteiger partial charge in [-0.2, -0.15) is 0 Å². The van der Waals surface area contributed by atoms with Gasteiger partial charge in [-0.3, -0.25) is 0 Å². The Balaban J connectivity index is 1.84. The second kappa shape index (κ2) is 11.7. The van der Waals surface area contributed by atoms with Crippen molar-refractivity contribution in [1.29, 1.82) is 0 Å². The maximum atomic E-state index is 5.35. The largest absolute Gasteiger partial charge is 0.380 e. The zero-order valence-electron chi connectivity index (χ0n) is 16.5. The molecule has 146 valence electrons. The molecule has 0 radical (unpaired) electrons. The van der Waals surface area contributed by atoms with Crippen LogP contribution in [0.25, 0.3) is 0 Å². The topological polar surface area (TPSA) is 65.0 Å². The van der Waals surface area contributed by atoms with Gasteiger partial charge >= 0.3 is 0 Å². The number of hydrogen-bond acceptors (Lipinski definition) is 5. The van der Waals surface area contributed by atoms with E-state index in [1.807, 2.05) is 13.1 Å². The van der Waals surface area contributed by atoms with Crippen molar-refractivity contribution in [1.82, 2.24) is 20.5 Å². The molecule has 1 fully saturated rings. The number of aromatic nitrogens is 1. The average Bonchev–Trinajstić information content (AvgIpc) is 2.70. The molecule has 2 N–H and O–H groups in total. The van der Waals surface area contributed by atoms with Gasteiger partial charge in [-0.1, -0.05) is 13.0 Å². The van der Waals surface area contributed by atoms with Crippen LogP contribution in [0.1, 0.15) is 26.3 Å². The number of piperazine rings is 1. The molecule has 0 spiro atoms. The fraction of sp³-hybridized carbons (Fsp3) is 0.684. The van der Waals surface area contributed by atoms with E-state index >= 15 is 0 Å². The number of likely N-dealkylation sites (N-methyl/N-ethyl adjacent to an activating group) is 1. The van der Waals surface area contributed by atoms with Crippen LogP contribution in [0, 0.1) is 0 Å². The van der Waals surface area contributed by atoms with Crippen LogP contribution in [0.15, 0.2) is 23.3 Å². The highest BCUT2D eigenvalue weighted by Gasteiger charge is 2.16. The van der Waals surface area contributed by atoms with Crippen molar-refractivity contribution in [3.8, 4) is 0 Å². The molecule has 1 aliphatic rings. The number of guanidine groups is 1. The predicted molar refractivity (Wildman–Crippen MR) is 108 cm³/mol. The summed E-state index contributed by atoms with van der Waals surface area (Å²) in [5, 5.41) is 6.53. The van der Waals surface area contributed by atoms with Gasteiger partial charge in [-0.15, -0.1) is 0 Å². The second-order valence-electron chi connectivity index (χ2n) is 6.26. The number of nitrogens with zero attached hydrogens (tertiary/aromatic N) is 4. The van der Waals surface area contributed by atoms with Crippen LogP contribution in [0.2, 0.25) is 0 Å². The summed E-state index contributed by atoms with van der Waals surface area (Å²) in [6.07, 6.45) is 1.94. The Morgan fingerprint density at radius 2 is 1.96 bits per heavy atom. The highest BCUT2D eigenvalue weighted by atomic mass is 16.5. The Kier molecular flexibility index (Phi) is 9.20. The van der Waals surface area contributed by atoms with Gasteiger partial charge in [0, 0.05) is 52.1 Å². The Morgan fingerprint density at radius 1 is 1.15 bits per heavy atom. The van der Waals surface area contributed by atoms with Gasteiger partial charge in [0.15, 0.2) is 5.96 Å². The van der Waals surface area contributed by atoms with Crippen LogP contribution in [0.3, 0.4) is 0 Å². The molecule has 0 aromatic carbocycles. The Labute approximate surface area is 157 Å². The maximum absolute atomic E-state index is 5.35. The molecule has 7 nitrogen and oxygen atoms in total. The van der Waals surface area contributed by atoms with E-state index in [1.165, 1.54) is 0 Å². The van der Waals surface area contributed by atoms with E-state index in [1.54, 1.807) is 0 Å². The zero-order valence-corrected chi connectivity index (χ0v) is 16.5. The monoisotopic (exact) mass is 362 g/mol. The van der Waals surface area contributed by atoms with Crippen molar-refractivity contribution in [3.63, 3.8) is 0 Å². The van der Waals surface area contributed by atoms with E-state index in [-0.39, 0.29) is 0 Å². The second-order valence-corrected chi connectivity index (χ2v) is 6.26. The Morgan fingerprint density at radius 3 is 2.58 bits per heavy atom. The smallest absolute Gasteiger partial charge is 0.191 e. The van der Waals surface area contributed by atoms with Crippen LogP contribution in [-0.2, 0) is 11.3 Å². The third-order valence-electron chi connectivity index (χ3n) is 4.46. The van der Waals surface area contributed by atoms with Crippen molar-refractivity contribution < 1.29 is 4.74 Å². The van der Waals surface area contributed by atoms with Crippen LogP contribution >= 0.6 is 0 Å². The maximum Gasteiger partial charge on any atom is 0.191 e. The lowest BCUT2D eigenvalue weighted by molar-refractivity contribution is 0.152. The van der Waals surface area contributed by atoms with Crippen LogP contribution in [0.5, 0.6) is 0 Å². The fourth-order valence-electron chi connectivity index (χ4n) is 2.89. The van der Waals surface area contributed by atoms with Gasteiger partial charge in [0.2, 0.25) is 0 Å². The third-order valence-corrected chi connectivity index (χ3v) is 4.46. The third kappa shape index (κ3) is 6.80. The van der Waals surface area contributed by atoms with Crippen LogP contribution in [-0.4, -0.2) is 74.9 Å². The average molecular weight is 363 g/mol. The molecule has 1 aromatic rings. The molecule has 2 rings (SSSR count). The standard InChI is InChI=1S/C19H34N6O/c1-4-20-19(21-9-14-26-6-3)23-16-17-7-8-18(22-15-17)25-12-10-24(5-2)11-13-25/h7-8,15H,4-6,9-14,16H2,1-3H3,(H2,20,21,23). The van der Waals surface area contributed by atoms with Crippen molar-refractivity contribution in [2.75, 3.05) is 63.9 Å². The molecule has 0 bridgehead atoms. The van der Waals surface area contributed by atoms with E-state index < -0.39 is 0 Å². The first kappa shape index (κ1) is 20.5. The normalized spacial score (nSPS) is 16.0. The highest BCUT2D eigenvalue weighted by molar-refractivity contribution is 5.79. The van der Waals surface area contributed by atoms with E-state index in [0.29, 0.717) is 13.2 Å². The number of hydrogen-bond donors (Lipinski definition) is 2. The summed E-state index contributed by atoms with van der Waals surface area (Å²) in [6, 6.07) is 4.24. The molecule has 0 saturated carbocycles. The molecule has 1 saturated heterocycles. The molecule has 1 aliphatic heterocycles. The molecule has 0 atom stereocenters. The minimum atomic E-state index is 0.612. The van der Waals surface area contributed by atoms with Gasteiger partial charge in [0.25, 0.3) is 0 Å². The van der Waals surface area contributed by atoms with E-state index in [9.17, 15) is 0 Å². The number of nitrogens with one attached hydrogen (secondary N) is 2. The van der Waals surface area contributed by atoms with E-state index in [2.05, 4.69) is 56.4 Å². The summed E-state index contributed by atoms with van der Waals surface area (Å²) >= 11 is 0. The minimum Gasteiger partial charge on any atom is -0.380 e. The summed E-state index contributed by atoms with van der Waals surface area (Å²) in [6.45, 7) is 15.4. The molecular formula is C19H34N6O. The number of pyridine rings is 1. The summed E-state index contributed by atoms with van der Waals surface area (Å²) in [5.41, 5.74) is 1.11. The summed E-state index contributed by atoms with van der Waals surface area (Å²) < 4.78 is 5.35. The van der Waals surface area contributed by atoms with Crippen molar-refractivity contribution in [2.45, 2.75) is 27.3 Å². The first-order chi connectivity index (χ1) is 12.8. The molecule has 1 aromatic heterocycles. The predicted octanol–water partition coefficient (Wildman–Crippen LogP) is 1.32. The summed E-state index contributed by atoms with van der Waals surface area (Å²) in [4.78, 5) is 14.1. The first-order valence-corrected chi connectivity index (χ1v) is 9.79. The molecule has 26 heavy (non-hydrogen) atoms. The number of aliphatic imine (C=N–C) groups is 1. The molecular weight excluding hydrogens is 328 g/mol. The van der Waals surface area contributed by atoms with Crippen molar-refractivity contribution in [3.05, 3.63) is 23.9 Å². The van der Waals surface area contributed by atoms with Crippen molar-refractivity contribution in [2.24, 2.45) is 4.99 Å². The van der Waals surface area contributed by atoms with Gasteiger partial charge < -0.3 is 25.2 Å². The van der Waals surface area contributed by atoms with E-state index in [0.717, 1.165) is 69.8 Å². The lowest BCUT2D eigenvalue weighted by atomic mass is 10.2. The number of anilines is 1. The summed E-state index contributed by atoms with van der Waals surface area (Å²) in [5.74, 6) is 1.88. The number of ether oxygens (including phenoxy) is 1. The van der Waals surface area contributed by atoms with Crippen molar-refractivity contribution >= 4 is 11.8 Å². The number of rotatable bonds is 9. The van der Waals surface area contributed by atoms with Gasteiger partial charge in [0.05, 0.1) is 13.2 Å². The Bertz CT molecular complexity index is 525. The fourth-order valence-corrected chi connectivity index (χ4v) is 2.89. The molecule has 0 amide bonds. The molecule has 0 aliphatic carbocycles. The quantitative estimate of drug-likeness (QED) is 0.392. The lowest BCUT2D eigenvalue weighted by Crippen LogP contribution is -2.46. The highest BCUT2D eigenvalue weighted by Crippen LogP contribution is 2.14. The molecule has 2 heterocycles. The SMILES string of the molecule is CCNC(=NCc1ccc(N2CCN(CC)CC2)nc1)NCCOCC. The van der Waals surface area contributed by atoms with E-state index in [4.69, 9.17) is 4.74 Å². The lowest BCUT2D eigenvalue weighted by Gasteiger charge is -2.34.